The fourth-order valence-corrected chi connectivity index (χ4v) is 7.08. The van der Waals surface area contributed by atoms with Gasteiger partial charge in [-0.3, -0.25) is 14.4 Å². The molecule has 0 aromatic carbocycles. The third kappa shape index (κ3) is 43.1. The van der Waals surface area contributed by atoms with Gasteiger partial charge in [-0.25, -0.2) is 0 Å². The molecule has 0 radical (unpaired) electrons. The van der Waals surface area contributed by atoms with Crippen LogP contribution in [0.3, 0.4) is 0 Å². The summed E-state index contributed by atoms with van der Waals surface area (Å²) in [6.45, 7) is 6.63. The predicted molar refractivity (Wildman–Crippen MR) is 233 cm³/mol. The van der Waals surface area contributed by atoms with Crippen molar-refractivity contribution < 1.29 is 28.6 Å². The topological polar surface area (TPSA) is 78.9 Å². The van der Waals surface area contributed by atoms with E-state index in [0.717, 1.165) is 64.2 Å². The molecule has 0 bridgehead atoms. The molecule has 55 heavy (non-hydrogen) atoms. The molecule has 0 aliphatic heterocycles. The van der Waals surface area contributed by atoms with Gasteiger partial charge in [0, 0.05) is 19.3 Å². The van der Waals surface area contributed by atoms with E-state index in [-0.39, 0.29) is 31.1 Å². The summed E-state index contributed by atoms with van der Waals surface area (Å²) in [7, 11) is 0. The van der Waals surface area contributed by atoms with Crippen LogP contribution in [0.1, 0.15) is 265 Å². The lowest BCUT2D eigenvalue weighted by Crippen LogP contribution is -2.30. The SMILES string of the molecule is CCCCCCCCC/C=C\CCCCCC(=O)OCC(COC(=O)CCCCCCCCCCCC)OC(=O)CCCCCCCCCCCCCCC. The minimum absolute atomic E-state index is 0.0700. The Morgan fingerprint density at radius 1 is 0.345 bits per heavy atom. The van der Waals surface area contributed by atoms with Gasteiger partial charge in [0.05, 0.1) is 0 Å². The highest BCUT2D eigenvalue weighted by atomic mass is 16.6. The van der Waals surface area contributed by atoms with Crippen molar-refractivity contribution in [1.82, 2.24) is 0 Å². The van der Waals surface area contributed by atoms with Crippen molar-refractivity contribution in [3.05, 3.63) is 12.2 Å². The lowest BCUT2D eigenvalue weighted by molar-refractivity contribution is -0.167. The van der Waals surface area contributed by atoms with Gasteiger partial charge < -0.3 is 14.2 Å². The van der Waals surface area contributed by atoms with E-state index in [2.05, 4.69) is 32.9 Å². The molecule has 1 atom stereocenters. The van der Waals surface area contributed by atoms with Gasteiger partial charge in [-0.05, 0) is 44.9 Å². The summed E-state index contributed by atoms with van der Waals surface area (Å²) in [4.78, 5) is 37.8. The lowest BCUT2D eigenvalue weighted by atomic mass is 10.0. The van der Waals surface area contributed by atoms with Crippen LogP contribution >= 0.6 is 0 Å². The van der Waals surface area contributed by atoms with Crippen LogP contribution in [0.4, 0.5) is 0 Å². The van der Waals surface area contributed by atoms with Crippen LogP contribution in [0.2, 0.25) is 0 Å². The maximum Gasteiger partial charge on any atom is 0.306 e. The zero-order valence-corrected chi connectivity index (χ0v) is 37.0. The van der Waals surface area contributed by atoms with Gasteiger partial charge >= 0.3 is 17.9 Å². The fourth-order valence-electron chi connectivity index (χ4n) is 7.08. The Bertz CT molecular complexity index is 854. The van der Waals surface area contributed by atoms with Gasteiger partial charge in [-0.2, -0.15) is 0 Å². The van der Waals surface area contributed by atoms with E-state index in [1.807, 2.05) is 0 Å². The molecule has 6 heteroatoms. The average Bonchev–Trinajstić information content (AvgIpc) is 3.18. The van der Waals surface area contributed by atoms with Crippen LogP contribution in [-0.2, 0) is 28.6 Å². The van der Waals surface area contributed by atoms with Crippen molar-refractivity contribution in [2.75, 3.05) is 13.2 Å². The number of esters is 3. The van der Waals surface area contributed by atoms with Crippen molar-refractivity contribution in [3.8, 4) is 0 Å². The van der Waals surface area contributed by atoms with Crippen LogP contribution < -0.4 is 0 Å². The van der Waals surface area contributed by atoms with E-state index in [1.54, 1.807) is 0 Å². The molecule has 0 rings (SSSR count). The highest BCUT2D eigenvalue weighted by Gasteiger charge is 2.19. The lowest BCUT2D eigenvalue weighted by Gasteiger charge is -2.18. The van der Waals surface area contributed by atoms with Crippen LogP contribution in [0, 0.1) is 0 Å². The summed E-state index contributed by atoms with van der Waals surface area (Å²) in [5.74, 6) is -0.876. The normalized spacial score (nSPS) is 12.0. The largest absolute Gasteiger partial charge is 0.462 e. The zero-order chi connectivity index (χ0) is 40.1. The summed E-state index contributed by atoms with van der Waals surface area (Å²) in [6, 6.07) is 0. The number of ether oxygens (including phenoxy) is 3. The summed E-state index contributed by atoms with van der Waals surface area (Å²) in [6.07, 6.45) is 47.6. The molecule has 0 heterocycles. The number of hydrogen-bond acceptors (Lipinski definition) is 6. The minimum Gasteiger partial charge on any atom is -0.462 e. The van der Waals surface area contributed by atoms with Crippen LogP contribution in [-0.4, -0.2) is 37.2 Å². The molecule has 1 unspecified atom stereocenters. The third-order valence-corrected chi connectivity index (χ3v) is 10.8. The van der Waals surface area contributed by atoms with Gasteiger partial charge in [0.1, 0.15) is 13.2 Å². The van der Waals surface area contributed by atoms with E-state index >= 15 is 0 Å². The first-order valence-electron chi connectivity index (χ1n) is 24.2. The quantitative estimate of drug-likeness (QED) is 0.0265. The molecule has 0 saturated heterocycles. The molecular weight excluding hydrogens is 685 g/mol. The molecule has 0 amide bonds. The van der Waals surface area contributed by atoms with E-state index < -0.39 is 6.10 Å². The molecule has 0 aliphatic carbocycles. The minimum atomic E-state index is -0.767. The summed E-state index contributed by atoms with van der Waals surface area (Å²) < 4.78 is 16.7. The second kappa shape index (κ2) is 44.9. The molecule has 0 spiro atoms. The number of rotatable bonds is 44. The monoisotopic (exact) mass is 777 g/mol. The highest BCUT2D eigenvalue weighted by Crippen LogP contribution is 2.15. The third-order valence-electron chi connectivity index (χ3n) is 10.8. The van der Waals surface area contributed by atoms with E-state index in [4.69, 9.17) is 14.2 Å². The van der Waals surface area contributed by atoms with Gasteiger partial charge in [0.15, 0.2) is 6.10 Å². The molecule has 0 aromatic heterocycles. The number of allylic oxidation sites excluding steroid dienone is 2. The average molecular weight is 777 g/mol. The number of carbonyl (C=O) groups is 3. The van der Waals surface area contributed by atoms with Gasteiger partial charge in [-0.1, -0.05) is 213 Å². The van der Waals surface area contributed by atoms with Gasteiger partial charge in [0.2, 0.25) is 0 Å². The first-order chi connectivity index (χ1) is 27.0. The first kappa shape index (κ1) is 53.1. The summed E-state index contributed by atoms with van der Waals surface area (Å²) in [5, 5.41) is 0. The Balaban J connectivity index is 4.34. The Labute approximate surface area is 341 Å². The number of carbonyl (C=O) groups excluding carboxylic acids is 3. The Morgan fingerprint density at radius 2 is 0.600 bits per heavy atom. The van der Waals surface area contributed by atoms with Crippen molar-refractivity contribution >= 4 is 17.9 Å². The zero-order valence-electron chi connectivity index (χ0n) is 37.0. The Hall–Kier alpha value is -1.85. The molecule has 324 valence electrons. The first-order valence-corrected chi connectivity index (χ1v) is 24.2. The van der Waals surface area contributed by atoms with Crippen LogP contribution in [0.25, 0.3) is 0 Å². The second-order valence-corrected chi connectivity index (χ2v) is 16.4. The smallest absolute Gasteiger partial charge is 0.306 e. The van der Waals surface area contributed by atoms with Crippen molar-refractivity contribution in [1.29, 1.82) is 0 Å². The summed E-state index contributed by atoms with van der Waals surface area (Å²) in [5.41, 5.74) is 0. The standard InChI is InChI=1S/C49H92O6/c1-4-7-10-13-16-19-22-24-26-27-30-33-36-39-42-48(51)54-45-46(44-53-47(50)41-38-35-32-29-21-18-15-12-9-6-3)55-49(52)43-40-37-34-31-28-25-23-20-17-14-11-8-5-2/h26-27,46H,4-25,28-45H2,1-3H3/b27-26-. The second-order valence-electron chi connectivity index (χ2n) is 16.4. The Kier molecular flexibility index (Phi) is 43.4. The molecule has 0 N–H and O–H groups in total. The van der Waals surface area contributed by atoms with E-state index in [1.165, 1.54) is 161 Å². The van der Waals surface area contributed by atoms with E-state index in [9.17, 15) is 14.4 Å². The van der Waals surface area contributed by atoms with Crippen molar-refractivity contribution in [3.63, 3.8) is 0 Å². The molecular formula is C49H92O6. The number of hydrogen-bond donors (Lipinski definition) is 0. The fraction of sp³-hybridized carbons (Fsp3) is 0.898. The van der Waals surface area contributed by atoms with Gasteiger partial charge in [-0.15, -0.1) is 0 Å². The van der Waals surface area contributed by atoms with Crippen LogP contribution in [0.15, 0.2) is 12.2 Å². The molecule has 0 saturated carbocycles. The van der Waals surface area contributed by atoms with Crippen LogP contribution in [0.5, 0.6) is 0 Å². The maximum absolute atomic E-state index is 12.7. The maximum atomic E-state index is 12.7. The number of unbranched alkanes of at least 4 members (excludes halogenated alkanes) is 31. The molecule has 0 fully saturated rings. The van der Waals surface area contributed by atoms with Gasteiger partial charge in [0.25, 0.3) is 0 Å². The molecule has 0 aliphatic rings. The Morgan fingerprint density at radius 3 is 0.927 bits per heavy atom. The highest BCUT2D eigenvalue weighted by molar-refractivity contribution is 5.71. The molecule has 0 aromatic rings. The van der Waals surface area contributed by atoms with Crippen molar-refractivity contribution in [2.24, 2.45) is 0 Å². The summed E-state index contributed by atoms with van der Waals surface area (Å²) >= 11 is 0. The van der Waals surface area contributed by atoms with E-state index in [0.29, 0.717) is 19.3 Å². The molecule has 6 nitrogen and oxygen atoms in total. The van der Waals surface area contributed by atoms with Crippen molar-refractivity contribution in [2.45, 2.75) is 271 Å². The predicted octanol–water partition coefficient (Wildman–Crippen LogP) is 15.4.